The van der Waals surface area contributed by atoms with Crippen LogP contribution < -0.4 is 0 Å². The largest absolute Gasteiger partial charge is 0.288 e. The lowest BCUT2D eigenvalue weighted by Gasteiger charge is -2.10. The lowest BCUT2D eigenvalue weighted by atomic mass is 9.99. The molecule has 0 unspecified atom stereocenters. The van der Waals surface area contributed by atoms with Gasteiger partial charge in [0.25, 0.3) is 0 Å². The Morgan fingerprint density at radius 2 is 1.68 bits per heavy atom. The molecule has 0 N–H and O–H groups in total. The molecule has 4 heteroatoms. The summed E-state index contributed by atoms with van der Waals surface area (Å²) in [6, 6.07) is 17.3. The molecule has 1 aliphatic rings. The van der Waals surface area contributed by atoms with E-state index in [0.29, 0.717) is 33.4 Å². The highest BCUT2D eigenvalue weighted by molar-refractivity contribution is 6.27. The lowest BCUT2D eigenvalue weighted by molar-refractivity contribution is 0.104. The van der Waals surface area contributed by atoms with E-state index in [0.717, 1.165) is 11.1 Å². The molecule has 25 heavy (non-hydrogen) atoms. The molecule has 2 aromatic carbocycles. The Balaban J connectivity index is 1.96. The number of carbonyl (C=O) groups excluding carboxylic acids is 1. The third kappa shape index (κ3) is 1.94. The van der Waals surface area contributed by atoms with Crippen LogP contribution in [-0.2, 0) is 0 Å². The van der Waals surface area contributed by atoms with Crippen LogP contribution in [0.25, 0.3) is 33.4 Å². The van der Waals surface area contributed by atoms with Gasteiger partial charge in [0, 0.05) is 22.9 Å². The predicted octanol–water partition coefficient (Wildman–Crippen LogP) is 4.65. The molecule has 4 aromatic rings. The molecule has 3 nitrogen and oxygen atoms in total. The zero-order valence-electron chi connectivity index (χ0n) is 13.0. The summed E-state index contributed by atoms with van der Waals surface area (Å²) in [6.45, 7) is 0. The molecule has 0 atom stereocenters. The van der Waals surface area contributed by atoms with Crippen LogP contribution in [0.4, 0.5) is 4.39 Å². The second-order valence-electron chi connectivity index (χ2n) is 5.97. The summed E-state index contributed by atoms with van der Waals surface area (Å²) in [7, 11) is 0. The first-order valence-electron chi connectivity index (χ1n) is 7.93. The Kier molecular flexibility index (Phi) is 2.82. The quantitative estimate of drug-likeness (QED) is 0.450. The SMILES string of the molecule is O=C1c2ccccc2-c2c1c(-c1cccc(F)c1)nc1cccnc21. The van der Waals surface area contributed by atoms with E-state index in [1.165, 1.54) is 12.1 Å². The molecular formula is C21H11FN2O. The van der Waals surface area contributed by atoms with Crippen LogP contribution in [0.2, 0.25) is 0 Å². The Morgan fingerprint density at radius 1 is 0.840 bits per heavy atom. The lowest BCUT2D eigenvalue weighted by Crippen LogP contribution is -2.02. The molecule has 2 heterocycles. The van der Waals surface area contributed by atoms with Crippen LogP contribution >= 0.6 is 0 Å². The fourth-order valence-corrected chi connectivity index (χ4v) is 3.45. The van der Waals surface area contributed by atoms with Crippen molar-refractivity contribution in [3.8, 4) is 22.4 Å². The minimum absolute atomic E-state index is 0.0927. The predicted molar refractivity (Wildman–Crippen MR) is 93.8 cm³/mol. The Bertz CT molecular complexity index is 1180. The number of hydrogen-bond donors (Lipinski definition) is 0. The molecule has 5 rings (SSSR count). The summed E-state index contributed by atoms with van der Waals surface area (Å²) in [6.07, 6.45) is 1.69. The van der Waals surface area contributed by atoms with E-state index in [4.69, 9.17) is 0 Å². The first-order chi connectivity index (χ1) is 12.2. The summed E-state index contributed by atoms with van der Waals surface area (Å²) in [4.78, 5) is 22.1. The number of ketones is 1. The maximum absolute atomic E-state index is 13.8. The van der Waals surface area contributed by atoms with E-state index in [2.05, 4.69) is 9.97 Å². The van der Waals surface area contributed by atoms with Crippen molar-refractivity contribution >= 4 is 16.8 Å². The molecule has 0 bridgehead atoms. The fourth-order valence-electron chi connectivity index (χ4n) is 3.45. The molecule has 0 radical (unpaired) electrons. The molecule has 118 valence electrons. The van der Waals surface area contributed by atoms with Gasteiger partial charge in [0.2, 0.25) is 0 Å². The van der Waals surface area contributed by atoms with E-state index in [1.807, 2.05) is 30.3 Å². The minimum Gasteiger partial charge on any atom is -0.288 e. The maximum Gasteiger partial charge on any atom is 0.196 e. The topological polar surface area (TPSA) is 42.9 Å². The highest BCUT2D eigenvalue weighted by Crippen LogP contribution is 2.43. The number of rotatable bonds is 1. The number of aromatic nitrogens is 2. The van der Waals surface area contributed by atoms with Gasteiger partial charge >= 0.3 is 0 Å². The molecule has 0 saturated carbocycles. The molecule has 0 aliphatic heterocycles. The number of halogens is 1. The Hall–Kier alpha value is -3.40. The Morgan fingerprint density at radius 3 is 2.52 bits per heavy atom. The van der Waals surface area contributed by atoms with Crippen LogP contribution in [-0.4, -0.2) is 15.8 Å². The van der Waals surface area contributed by atoms with Gasteiger partial charge < -0.3 is 0 Å². The van der Waals surface area contributed by atoms with Gasteiger partial charge in [-0.3, -0.25) is 9.78 Å². The summed E-state index contributed by atoms with van der Waals surface area (Å²) >= 11 is 0. The average molecular weight is 326 g/mol. The van der Waals surface area contributed by atoms with Crippen LogP contribution in [0.3, 0.4) is 0 Å². The second-order valence-corrected chi connectivity index (χ2v) is 5.97. The first kappa shape index (κ1) is 14.0. The summed E-state index contributed by atoms with van der Waals surface area (Å²) < 4.78 is 13.8. The number of carbonyl (C=O) groups is 1. The van der Waals surface area contributed by atoms with Crippen LogP contribution in [0.15, 0.2) is 66.9 Å². The molecule has 2 aromatic heterocycles. The number of benzene rings is 2. The smallest absolute Gasteiger partial charge is 0.196 e. The number of fused-ring (bicyclic) bond motifs is 5. The van der Waals surface area contributed by atoms with Crippen molar-refractivity contribution in [2.75, 3.05) is 0 Å². The zero-order chi connectivity index (χ0) is 17.0. The highest BCUT2D eigenvalue weighted by Gasteiger charge is 2.32. The van der Waals surface area contributed by atoms with Gasteiger partial charge in [-0.2, -0.15) is 0 Å². The van der Waals surface area contributed by atoms with Crippen molar-refractivity contribution in [2.24, 2.45) is 0 Å². The van der Waals surface area contributed by atoms with Gasteiger partial charge in [0.1, 0.15) is 5.82 Å². The van der Waals surface area contributed by atoms with Gasteiger partial charge in [-0.1, -0.05) is 36.4 Å². The van der Waals surface area contributed by atoms with Gasteiger partial charge in [0.05, 0.1) is 22.3 Å². The number of pyridine rings is 2. The van der Waals surface area contributed by atoms with E-state index in [-0.39, 0.29) is 11.6 Å². The van der Waals surface area contributed by atoms with Crippen LogP contribution in [0.5, 0.6) is 0 Å². The third-order valence-corrected chi connectivity index (χ3v) is 4.51. The average Bonchev–Trinajstić information content (AvgIpc) is 2.95. The summed E-state index contributed by atoms with van der Waals surface area (Å²) in [5.41, 5.74) is 5.23. The maximum atomic E-state index is 13.8. The van der Waals surface area contributed by atoms with Crippen LogP contribution in [0, 0.1) is 5.82 Å². The van der Waals surface area contributed by atoms with Crippen LogP contribution in [0.1, 0.15) is 15.9 Å². The van der Waals surface area contributed by atoms with Crippen molar-refractivity contribution in [3.05, 3.63) is 83.8 Å². The molecule has 0 spiro atoms. The standard InChI is InChI=1S/C21H11FN2O/c22-13-6-3-5-12(11-13)19-18-17(20-16(24-19)9-4-10-23-20)14-7-1-2-8-15(14)21(18)25/h1-11H. The normalized spacial score (nSPS) is 12.3. The van der Waals surface area contributed by atoms with Crippen molar-refractivity contribution < 1.29 is 9.18 Å². The van der Waals surface area contributed by atoms with E-state index < -0.39 is 0 Å². The molecule has 0 saturated heterocycles. The van der Waals surface area contributed by atoms with Gasteiger partial charge in [-0.15, -0.1) is 0 Å². The second kappa shape index (κ2) is 5.05. The number of nitrogens with zero attached hydrogens (tertiary/aromatic N) is 2. The van der Waals surface area contributed by atoms with E-state index >= 15 is 0 Å². The van der Waals surface area contributed by atoms with Gasteiger partial charge in [0.15, 0.2) is 5.78 Å². The first-order valence-corrected chi connectivity index (χ1v) is 7.93. The monoisotopic (exact) mass is 326 g/mol. The van der Waals surface area contributed by atoms with Gasteiger partial charge in [-0.05, 0) is 29.8 Å². The summed E-state index contributed by atoms with van der Waals surface area (Å²) in [5, 5.41) is 0. The molecule has 1 aliphatic carbocycles. The van der Waals surface area contributed by atoms with Gasteiger partial charge in [-0.25, -0.2) is 9.37 Å². The van der Waals surface area contributed by atoms with Crippen molar-refractivity contribution in [1.82, 2.24) is 9.97 Å². The van der Waals surface area contributed by atoms with E-state index in [1.54, 1.807) is 24.4 Å². The molecule has 0 amide bonds. The molecular weight excluding hydrogens is 315 g/mol. The summed E-state index contributed by atoms with van der Waals surface area (Å²) in [5.74, 6) is -0.452. The minimum atomic E-state index is -0.359. The zero-order valence-corrected chi connectivity index (χ0v) is 13.0. The highest BCUT2D eigenvalue weighted by atomic mass is 19.1. The fraction of sp³-hybridized carbons (Fsp3) is 0. The Labute approximate surface area is 142 Å². The van der Waals surface area contributed by atoms with E-state index in [9.17, 15) is 9.18 Å². The van der Waals surface area contributed by atoms with Crippen molar-refractivity contribution in [2.45, 2.75) is 0 Å². The number of hydrogen-bond acceptors (Lipinski definition) is 3. The van der Waals surface area contributed by atoms with Crippen molar-refractivity contribution in [1.29, 1.82) is 0 Å². The third-order valence-electron chi connectivity index (χ3n) is 4.51. The van der Waals surface area contributed by atoms with Crippen molar-refractivity contribution in [3.63, 3.8) is 0 Å². The molecule has 0 fully saturated rings.